The van der Waals surface area contributed by atoms with Gasteiger partial charge in [-0.25, -0.2) is 0 Å². The van der Waals surface area contributed by atoms with E-state index in [9.17, 15) is 0 Å². The average molecular weight is 269 g/mol. The number of nitrogens with one attached hydrogen (secondary N) is 1. The van der Waals surface area contributed by atoms with Gasteiger partial charge in [-0.3, -0.25) is 4.99 Å². The normalized spacial score (nSPS) is 23.7. The molecule has 5 nitrogen and oxygen atoms in total. The summed E-state index contributed by atoms with van der Waals surface area (Å²) in [7, 11) is 1.80. The van der Waals surface area contributed by atoms with E-state index < -0.39 is 0 Å². The van der Waals surface area contributed by atoms with Crippen molar-refractivity contribution in [1.29, 1.82) is 0 Å². The van der Waals surface area contributed by atoms with Gasteiger partial charge < -0.3 is 19.7 Å². The van der Waals surface area contributed by atoms with E-state index in [0.29, 0.717) is 0 Å². The molecule has 0 unspecified atom stereocenters. The van der Waals surface area contributed by atoms with Gasteiger partial charge in [0.2, 0.25) is 0 Å². The van der Waals surface area contributed by atoms with Crippen molar-refractivity contribution in [1.82, 2.24) is 10.2 Å². The smallest absolute Gasteiger partial charge is 0.194 e. The van der Waals surface area contributed by atoms with Gasteiger partial charge >= 0.3 is 0 Å². The third-order valence-electron chi connectivity index (χ3n) is 4.09. The van der Waals surface area contributed by atoms with Crippen molar-refractivity contribution in [3.8, 4) is 0 Å². The highest BCUT2D eigenvalue weighted by atomic mass is 16.5. The van der Waals surface area contributed by atoms with E-state index in [2.05, 4.69) is 17.1 Å². The van der Waals surface area contributed by atoms with Crippen LogP contribution >= 0.6 is 0 Å². The second kappa shape index (κ2) is 7.10. The molecule has 19 heavy (non-hydrogen) atoms. The molecule has 2 heterocycles. The Bertz CT molecular complexity index is 295. The summed E-state index contributed by atoms with van der Waals surface area (Å²) >= 11 is 0. The standard InChI is InChI=1S/C14H27N3O2/c1-3-15-13(17-8-4-5-9-17)16-12-14(18-2)6-10-19-11-7-14/h3-12H2,1-2H3,(H,15,16). The van der Waals surface area contributed by atoms with Gasteiger partial charge in [0.05, 0.1) is 12.1 Å². The molecule has 5 heteroatoms. The summed E-state index contributed by atoms with van der Waals surface area (Å²) in [5.74, 6) is 1.04. The van der Waals surface area contributed by atoms with Gasteiger partial charge in [0.1, 0.15) is 0 Å². The third kappa shape index (κ3) is 3.83. The van der Waals surface area contributed by atoms with Gasteiger partial charge in [-0.1, -0.05) is 0 Å². The zero-order valence-corrected chi connectivity index (χ0v) is 12.3. The second-order valence-electron chi connectivity index (χ2n) is 5.36. The Morgan fingerprint density at radius 3 is 2.58 bits per heavy atom. The Morgan fingerprint density at radius 2 is 2.00 bits per heavy atom. The van der Waals surface area contributed by atoms with Crippen LogP contribution in [0, 0.1) is 0 Å². The van der Waals surface area contributed by atoms with Gasteiger partial charge in [0.25, 0.3) is 0 Å². The minimum absolute atomic E-state index is 0.126. The molecule has 0 atom stereocenters. The number of rotatable bonds is 4. The zero-order valence-electron chi connectivity index (χ0n) is 12.3. The van der Waals surface area contributed by atoms with Crippen LogP contribution in [0.5, 0.6) is 0 Å². The number of ether oxygens (including phenoxy) is 2. The maximum Gasteiger partial charge on any atom is 0.194 e. The lowest BCUT2D eigenvalue weighted by Gasteiger charge is -2.35. The molecule has 2 fully saturated rings. The maximum atomic E-state index is 5.74. The number of hydrogen-bond donors (Lipinski definition) is 1. The Kier molecular flexibility index (Phi) is 5.45. The van der Waals surface area contributed by atoms with E-state index in [0.717, 1.165) is 58.2 Å². The van der Waals surface area contributed by atoms with E-state index in [1.54, 1.807) is 7.11 Å². The summed E-state index contributed by atoms with van der Waals surface area (Å²) in [5.41, 5.74) is -0.126. The van der Waals surface area contributed by atoms with Crippen molar-refractivity contribution < 1.29 is 9.47 Å². The summed E-state index contributed by atoms with van der Waals surface area (Å²) in [5, 5.41) is 3.39. The van der Waals surface area contributed by atoms with Gasteiger partial charge in [-0.05, 0) is 19.8 Å². The molecule has 0 spiro atoms. The number of likely N-dealkylation sites (tertiary alicyclic amines) is 1. The largest absolute Gasteiger partial charge is 0.381 e. The fourth-order valence-electron chi connectivity index (χ4n) is 2.74. The topological polar surface area (TPSA) is 46.1 Å². The first-order valence-electron chi connectivity index (χ1n) is 7.46. The summed E-state index contributed by atoms with van der Waals surface area (Å²) in [4.78, 5) is 7.17. The predicted molar refractivity (Wildman–Crippen MR) is 76.6 cm³/mol. The number of methoxy groups -OCH3 is 1. The molecule has 110 valence electrons. The highest BCUT2D eigenvalue weighted by Crippen LogP contribution is 2.25. The molecule has 1 N–H and O–H groups in total. The molecule has 0 aromatic carbocycles. The van der Waals surface area contributed by atoms with Gasteiger partial charge in [-0.15, -0.1) is 0 Å². The maximum absolute atomic E-state index is 5.74. The molecule has 2 aliphatic rings. The average Bonchev–Trinajstić information content (AvgIpc) is 2.98. The van der Waals surface area contributed by atoms with Gasteiger partial charge in [0.15, 0.2) is 5.96 Å². The quantitative estimate of drug-likeness (QED) is 0.616. The number of aliphatic imine (C=N–C) groups is 1. The van der Waals surface area contributed by atoms with Crippen molar-refractivity contribution in [2.45, 2.75) is 38.2 Å². The molecular formula is C14H27N3O2. The molecule has 0 saturated carbocycles. The minimum atomic E-state index is -0.126. The van der Waals surface area contributed by atoms with E-state index in [4.69, 9.17) is 14.5 Å². The Morgan fingerprint density at radius 1 is 1.32 bits per heavy atom. The van der Waals surface area contributed by atoms with Crippen LogP contribution in [-0.4, -0.2) is 63.0 Å². The summed E-state index contributed by atoms with van der Waals surface area (Å²) in [6.07, 6.45) is 4.42. The number of hydrogen-bond acceptors (Lipinski definition) is 3. The van der Waals surface area contributed by atoms with E-state index in [1.165, 1.54) is 12.8 Å². The molecule has 2 aliphatic heterocycles. The fraction of sp³-hybridized carbons (Fsp3) is 0.929. The fourth-order valence-corrected chi connectivity index (χ4v) is 2.74. The van der Waals surface area contributed by atoms with Crippen LogP contribution in [0.1, 0.15) is 32.6 Å². The second-order valence-corrected chi connectivity index (χ2v) is 5.36. The molecule has 0 bridgehead atoms. The van der Waals surface area contributed by atoms with Crippen LogP contribution in [-0.2, 0) is 9.47 Å². The van der Waals surface area contributed by atoms with E-state index in [1.807, 2.05) is 0 Å². The van der Waals surface area contributed by atoms with Crippen molar-refractivity contribution in [3.05, 3.63) is 0 Å². The predicted octanol–water partition coefficient (Wildman–Crippen LogP) is 1.24. The summed E-state index contributed by atoms with van der Waals surface area (Å²) < 4.78 is 11.2. The Hall–Kier alpha value is -0.810. The minimum Gasteiger partial charge on any atom is -0.381 e. The molecule has 0 aromatic heterocycles. The highest BCUT2D eigenvalue weighted by molar-refractivity contribution is 5.80. The van der Waals surface area contributed by atoms with Crippen LogP contribution in [0.4, 0.5) is 0 Å². The van der Waals surface area contributed by atoms with Crippen LogP contribution in [0.15, 0.2) is 4.99 Å². The molecule has 0 aliphatic carbocycles. The lowest BCUT2D eigenvalue weighted by atomic mass is 9.94. The van der Waals surface area contributed by atoms with Crippen molar-refractivity contribution >= 4 is 5.96 Å². The first-order chi connectivity index (χ1) is 9.29. The van der Waals surface area contributed by atoms with E-state index >= 15 is 0 Å². The summed E-state index contributed by atoms with van der Waals surface area (Å²) in [6, 6.07) is 0. The SMILES string of the molecule is CCNC(=NCC1(OC)CCOCC1)N1CCCC1. The third-order valence-corrected chi connectivity index (χ3v) is 4.09. The molecule has 2 saturated heterocycles. The van der Waals surface area contributed by atoms with Crippen LogP contribution in [0.3, 0.4) is 0 Å². The van der Waals surface area contributed by atoms with Gasteiger partial charge in [0, 0.05) is 52.8 Å². The van der Waals surface area contributed by atoms with Crippen LogP contribution in [0.25, 0.3) is 0 Å². The van der Waals surface area contributed by atoms with Crippen molar-refractivity contribution in [2.75, 3.05) is 46.5 Å². The molecule has 0 amide bonds. The lowest BCUT2D eigenvalue weighted by molar-refractivity contribution is -0.0829. The first kappa shape index (κ1) is 14.6. The highest BCUT2D eigenvalue weighted by Gasteiger charge is 2.32. The molecule has 0 radical (unpaired) electrons. The van der Waals surface area contributed by atoms with E-state index in [-0.39, 0.29) is 5.60 Å². The van der Waals surface area contributed by atoms with Crippen LogP contribution < -0.4 is 5.32 Å². The van der Waals surface area contributed by atoms with Crippen molar-refractivity contribution in [3.63, 3.8) is 0 Å². The Balaban J connectivity index is 1.99. The van der Waals surface area contributed by atoms with Crippen molar-refractivity contribution in [2.24, 2.45) is 4.99 Å². The summed E-state index contributed by atoms with van der Waals surface area (Å²) in [6.45, 7) is 7.56. The first-order valence-corrected chi connectivity index (χ1v) is 7.46. The number of nitrogens with zero attached hydrogens (tertiary/aromatic N) is 2. The molecule has 2 rings (SSSR count). The lowest BCUT2D eigenvalue weighted by Crippen LogP contribution is -2.44. The Labute approximate surface area is 116 Å². The molecule has 0 aromatic rings. The molecular weight excluding hydrogens is 242 g/mol. The monoisotopic (exact) mass is 269 g/mol. The number of guanidine groups is 1. The van der Waals surface area contributed by atoms with Crippen LogP contribution in [0.2, 0.25) is 0 Å². The zero-order chi connectivity index (χ0) is 13.6. The van der Waals surface area contributed by atoms with Gasteiger partial charge in [-0.2, -0.15) is 0 Å².